The van der Waals surface area contributed by atoms with Crippen molar-refractivity contribution >= 4 is 16.8 Å². The zero-order chi connectivity index (χ0) is 24.9. The number of amides is 1. The van der Waals surface area contributed by atoms with Gasteiger partial charge in [-0.3, -0.25) is 9.69 Å². The lowest BCUT2D eigenvalue weighted by molar-refractivity contribution is -0.140. The van der Waals surface area contributed by atoms with Crippen LogP contribution in [0.2, 0.25) is 0 Å². The number of methoxy groups -OCH3 is 1. The number of carbonyl (C=O) groups excluding carboxylic acids is 1. The monoisotopic (exact) mass is 491 g/mol. The van der Waals surface area contributed by atoms with Crippen LogP contribution >= 0.6 is 0 Å². The Morgan fingerprint density at radius 1 is 1.19 bits per heavy atom. The Morgan fingerprint density at radius 2 is 1.97 bits per heavy atom. The molecule has 3 aliphatic rings. The second-order valence-electron chi connectivity index (χ2n) is 10.8. The summed E-state index contributed by atoms with van der Waals surface area (Å²) < 4.78 is 20.1. The Kier molecular flexibility index (Phi) is 6.00. The van der Waals surface area contributed by atoms with Crippen molar-refractivity contribution in [1.29, 1.82) is 0 Å². The molecule has 1 atom stereocenters. The molecular formula is C29H34FN3O3. The normalized spacial score (nSPS) is 22.0. The van der Waals surface area contributed by atoms with E-state index in [1.54, 1.807) is 13.2 Å². The van der Waals surface area contributed by atoms with E-state index in [0.717, 1.165) is 67.5 Å². The molecule has 1 spiro atoms. The highest BCUT2D eigenvalue weighted by atomic mass is 19.1. The van der Waals surface area contributed by atoms with E-state index in [0.29, 0.717) is 24.6 Å². The number of nitrogens with zero attached hydrogens (tertiary/aromatic N) is 2. The zero-order valence-electron chi connectivity index (χ0n) is 20.8. The number of piperidine rings is 1. The Bertz CT molecular complexity index is 1280. The molecule has 1 saturated carbocycles. The van der Waals surface area contributed by atoms with E-state index in [1.807, 2.05) is 24.3 Å². The molecule has 1 aromatic heterocycles. The van der Waals surface area contributed by atoms with Crippen molar-refractivity contribution in [2.75, 3.05) is 33.4 Å². The molecule has 2 aromatic carbocycles. The maximum Gasteiger partial charge on any atom is 0.225 e. The van der Waals surface area contributed by atoms with Gasteiger partial charge >= 0.3 is 0 Å². The van der Waals surface area contributed by atoms with E-state index >= 15 is 0 Å². The molecule has 3 heterocycles. The average Bonchev–Trinajstić information content (AvgIpc) is 3.24. The molecule has 6 nitrogen and oxygen atoms in total. The largest absolute Gasteiger partial charge is 0.497 e. The average molecular weight is 492 g/mol. The quantitative estimate of drug-likeness (QED) is 0.551. The van der Waals surface area contributed by atoms with Crippen LogP contribution in [0.5, 0.6) is 5.75 Å². The molecule has 0 radical (unpaired) electrons. The van der Waals surface area contributed by atoms with E-state index < -0.39 is 0 Å². The molecule has 36 heavy (non-hydrogen) atoms. The highest BCUT2D eigenvalue weighted by Crippen LogP contribution is 2.49. The summed E-state index contributed by atoms with van der Waals surface area (Å²) in [5.74, 6) is 1.07. The molecule has 1 saturated heterocycles. The fraction of sp³-hybridized carbons (Fsp3) is 0.483. The van der Waals surface area contributed by atoms with E-state index in [1.165, 1.54) is 11.6 Å². The molecule has 1 aliphatic carbocycles. The maximum atomic E-state index is 14.7. The third kappa shape index (κ3) is 3.80. The molecule has 7 heteroatoms. The number of hydrogen-bond donors (Lipinski definition) is 2. The number of fused-ring (bicyclic) bond motifs is 4. The van der Waals surface area contributed by atoms with Crippen LogP contribution in [0, 0.1) is 11.7 Å². The van der Waals surface area contributed by atoms with E-state index in [-0.39, 0.29) is 29.8 Å². The van der Waals surface area contributed by atoms with Gasteiger partial charge in [-0.1, -0.05) is 24.6 Å². The molecule has 3 aromatic rings. The van der Waals surface area contributed by atoms with E-state index in [2.05, 4.69) is 20.9 Å². The standard InChI is InChI=1S/C29H34FN3O3/c1-36-21-9-10-22-24(15-21)31-27-25(17-34)33(16-20-5-2-3-8-23(20)30)18-29(26(22)27)11-13-32(14-12-29)28(35)19-6-4-7-19/h2-3,5,8-10,15,19,25,31,34H,4,6-7,11-14,16-18H2,1H3/t25-/m0/s1. The van der Waals surface area contributed by atoms with Crippen LogP contribution in [0.15, 0.2) is 42.5 Å². The Labute approximate surface area is 211 Å². The molecule has 0 bridgehead atoms. The van der Waals surface area contributed by atoms with Gasteiger partial charge in [0, 0.05) is 65.7 Å². The van der Waals surface area contributed by atoms with Crippen LogP contribution in [0.1, 0.15) is 55.0 Å². The number of aromatic amines is 1. The van der Waals surface area contributed by atoms with E-state index in [9.17, 15) is 14.3 Å². The number of carbonyl (C=O) groups is 1. The molecule has 1 amide bonds. The van der Waals surface area contributed by atoms with Crippen molar-refractivity contribution in [3.8, 4) is 5.75 Å². The summed E-state index contributed by atoms with van der Waals surface area (Å²) in [5, 5.41) is 11.7. The van der Waals surface area contributed by atoms with Gasteiger partial charge in [-0.15, -0.1) is 0 Å². The first-order valence-corrected chi connectivity index (χ1v) is 13.1. The number of benzene rings is 2. The fourth-order valence-corrected chi connectivity index (χ4v) is 6.60. The predicted molar refractivity (Wildman–Crippen MR) is 136 cm³/mol. The third-order valence-electron chi connectivity index (χ3n) is 8.84. The van der Waals surface area contributed by atoms with Gasteiger partial charge in [-0.2, -0.15) is 0 Å². The summed E-state index contributed by atoms with van der Waals surface area (Å²) >= 11 is 0. The maximum absolute atomic E-state index is 14.7. The summed E-state index contributed by atoms with van der Waals surface area (Å²) in [6.45, 7) is 2.53. The van der Waals surface area contributed by atoms with Gasteiger partial charge in [0.15, 0.2) is 0 Å². The van der Waals surface area contributed by atoms with Crippen LogP contribution in [-0.4, -0.2) is 59.1 Å². The fourth-order valence-electron chi connectivity index (χ4n) is 6.60. The van der Waals surface area contributed by atoms with Crippen molar-refractivity contribution in [3.63, 3.8) is 0 Å². The van der Waals surface area contributed by atoms with Crippen LogP contribution in [0.25, 0.3) is 10.9 Å². The first-order chi connectivity index (χ1) is 17.5. The van der Waals surface area contributed by atoms with Crippen molar-refractivity contribution in [3.05, 3.63) is 65.1 Å². The molecule has 6 rings (SSSR count). The third-order valence-corrected chi connectivity index (χ3v) is 8.84. The Balaban J connectivity index is 1.40. The number of rotatable bonds is 5. The first kappa shape index (κ1) is 23.5. The van der Waals surface area contributed by atoms with Gasteiger partial charge in [0.05, 0.1) is 19.8 Å². The smallest absolute Gasteiger partial charge is 0.225 e. The molecule has 2 N–H and O–H groups in total. The van der Waals surface area contributed by atoms with E-state index in [4.69, 9.17) is 4.74 Å². The summed E-state index contributed by atoms with van der Waals surface area (Å²) in [5.41, 5.74) is 3.68. The summed E-state index contributed by atoms with van der Waals surface area (Å²) in [6, 6.07) is 12.7. The number of ether oxygens (including phenoxy) is 1. The van der Waals surface area contributed by atoms with Gasteiger partial charge in [-0.05, 0) is 49.4 Å². The van der Waals surface area contributed by atoms with Gasteiger partial charge < -0.3 is 19.7 Å². The van der Waals surface area contributed by atoms with Crippen molar-refractivity contribution in [2.24, 2.45) is 5.92 Å². The van der Waals surface area contributed by atoms with Crippen molar-refractivity contribution in [2.45, 2.75) is 50.1 Å². The second-order valence-corrected chi connectivity index (χ2v) is 10.8. The minimum absolute atomic E-state index is 0.0617. The lowest BCUT2D eigenvalue weighted by Gasteiger charge is -2.50. The highest BCUT2D eigenvalue weighted by molar-refractivity contribution is 5.88. The first-order valence-electron chi connectivity index (χ1n) is 13.1. The zero-order valence-corrected chi connectivity index (χ0v) is 20.8. The number of H-pyrrole nitrogens is 1. The number of aromatic nitrogens is 1. The topological polar surface area (TPSA) is 68.8 Å². The number of halogens is 1. The number of nitrogens with one attached hydrogen (secondary N) is 1. The molecule has 2 aliphatic heterocycles. The summed E-state index contributed by atoms with van der Waals surface area (Å²) in [6.07, 6.45) is 4.89. The molecule has 2 fully saturated rings. The summed E-state index contributed by atoms with van der Waals surface area (Å²) in [4.78, 5) is 20.9. The minimum Gasteiger partial charge on any atom is -0.497 e. The number of hydrogen-bond acceptors (Lipinski definition) is 4. The summed E-state index contributed by atoms with van der Waals surface area (Å²) in [7, 11) is 1.66. The number of likely N-dealkylation sites (tertiary alicyclic amines) is 1. The highest BCUT2D eigenvalue weighted by Gasteiger charge is 2.48. The van der Waals surface area contributed by atoms with Crippen LogP contribution in [0.3, 0.4) is 0 Å². The van der Waals surface area contributed by atoms with Gasteiger partial charge in [0.2, 0.25) is 5.91 Å². The Morgan fingerprint density at radius 3 is 2.64 bits per heavy atom. The van der Waals surface area contributed by atoms with Gasteiger partial charge in [-0.25, -0.2) is 4.39 Å². The number of aliphatic hydroxyl groups is 1. The SMILES string of the molecule is COc1ccc2c3c([nH]c2c1)[C@H](CO)N(Cc1ccccc1F)CC31CCN(C(=O)C2CCC2)CC1. The number of aliphatic hydroxyl groups excluding tert-OH is 1. The van der Waals surface area contributed by atoms with Crippen LogP contribution in [0.4, 0.5) is 4.39 Å². The Hall–Kier alpha value is -2.90. The van der Waals surface area contributed by atoms with Crippen molar-refractivity contribution in [1.82, 2.24) is 14.8 Å². The van der Waals surface area contributed by atoms with Crippen LogP contribution < -0.4 is 4.74 Å². The predicted octanol–water partition coefficient (Wildman–Crippen LogP) is 4.53. The lowest BCUT2D eigenvalue weighted by atomic mass is 9.68. The van der Waals surface area contributed by atoms with Gasteiger partial charge in [0.1, 0.15) is 11.6 Å². The molecular weight excluding hydrogens is 457 g/mol. The van der Waals surface area contributed by atoms with Crippen molar-refractivity contribution < 1.29 is 19.0 Å². The lowest BCUT2D eigenvalue weighted by Crippen LogP contribution is -2.55. The van der Waals surface area contributed by atoms with Crippen LogP contribution in [-0.2, 0) is 16.8 Å². The second kappa shape index (κ2) is 9.20. The minimum atomic E-state index is -0.265. The molecule has 0 unspecified atom stereocenters. The van der Waals surface area contributed by atoms with Gasteiger partial charge in [0.25, 0.3) is 0 Å². The molecule has 190 valence electrons.